The predicted molar refractivity (Wildman–Crippen MR) is 105 cm³/mol. The lowest BCUT2D eigenvalue weighted by molar-refractivity contribution is -0.144. The van der Waals surface area contributed by atoms with Crippen molar-refractivity contribution in [3.8, 4) is 0 Å². The second-order valence-corrected chi connectivity index (χ2v) is 8.94. The molecule has 0 radical (unpaired) electrons. The molecular formula is C19H27N3O5S. The second kappa shape index (κ2) is 9.02. The number of sulfonamides is 1. The molecule has 2 aliphatic heterocycles. The lowest BCUT2D eigenvalue weighted by Crippen LogP contribution is -2.49. The van der Waals surface area contributed by atoms with Crippen molar-refractivity contribution < 1.29 is 22.7 Å². The SMILES string of the molecule is CCOC(=O)CN1CCN(S(=O)(=O)c2ccc(N3CCC(=O)CC3)cc2)CC1. The zero-order valence-electron chi connectivity index (χ0n) is 16.2. The fourth-order valence-electron chi connectivity index (χ4n) is 3.51. The number of carbonyl (C=O) groups excluding carboxylic acids is 2. The Morgan fingerprint density at radius 2 is 1.61 bits per heavy atom. The number of ether oxygens (including phenoxy) is 1. The van der Waals surface area contributed by atoms with E-state index in [9.17, 15) is 18.0 Å². The number of benzene rings is 1. The third kappa shape index (κ3) is 4.89. The van der Waals surface area contributed by atoms with Crippen LogP contribution in [-0.2, 0) is 24.3 Å². The number of carbonyl (C=O) groups is 2. The molecule has 8 nitrogen and oxygen atoms in total. The molecule has 2 saturated heterocycles. The Bertz CT molecular complexity index is 791. The number of hydrogen-bond donors (Lipinski definition) is 0. The van der Waals surface area contributed by atoms with Crippen LogP contribution in [0.25, 0.3) is 0 Å². The molecule has 0 unspecified atom stereocenters. The number of esters is 1. The Morgan fingerprint density at radius 1 is 1.00 bits per heavy atom. The first kappa shape index (κ1) is 20.8. The van der Waals surface area contributed by atoms with Crippen molar-refractivity contribution in [1.82, 2.24) is 9.21 Å². The number of ketones is 1. The quantitative estimate of drug-likeness (QED) is 0.640. The summed E-state index contributed by atoms with van der Waals surface area (Å²) in [4.78, 5) is 27.2. The molecule has 0 atom stereocenters. The van der Waals surface area contributed by atoms with E-state index >= 15 is 0 Å². The summed E-state index contributed by atoms with van der Waals surface area (Å²) in [6.07, 6.45) is 1.08. The van der Waals surface area contributed by atoms with E-state index in [0.29, 0.717) is 58.7 Å². The van der Waals surface area contributed by atoms with Gasteiger partial charge >= 0.3 is 5.97 Å². The summed E-state index contributed by atoms with van der Waals surface area (Å²) in [5.74, 6) is -0.00800. The molecule has 0 spiro atoms. The minimum atomic E-state index is -3.56. The van der Waals surface area contributed by atoms with Gasteiger partial charge in [-0.05, 0) is 31.2 Å². The van der Waals surface area contributed by atoms with E-state index in [2.05, 4.69) is 4.90 Å². The standard InChI is InChI=1S/C19H27N3O5S/c1-2-27-19(24)15-20-11-13-22(14-12-20)28(25,26)18-5-3-16(4-6-18)21-9-7-17(23)8-10-21/h3-6H,2,7-15H2,1H3. The topological polar surface area (TPSA) is 87.2 Å². The van der Waals surface area contributed by atoms with Gasteiger partial charge in [0, 0.05) is 57.8 Å². The number of Topliss-reactive ketones (excluding diaryl/α,β-unsaturated/α-hetero) is 1. The predicted octanol–water partition coefficient (Wildman–Crippen LogP) is 0.725. The van der Waals surface area contributed by atoms with Crippen molar-refractivity contribution in [1.29, 1.82) is 0 Å². The number of rotatable bonds is 6. The maximum Gasteiger partial charge on any atom is 0.320 e. The normalized spacial score (nSPS) is 19.6. The molecule has 0 saturated carbocycles. The Hall–Kier alpha value is -1.97. The van der Waals surface area contributed by atoms with E-state index in [1.54, 1.807) is 31.2 Å². The van der Waals surface area contributed by atoms with E-state index in [4.69, 9.17) is 4.74 Å². The van der Waals surface area contributed by atoms with Gasteiger partial charge in [0.1, 0.15) is 5.78 Å². The summed E-state index contributed by atoms with van der Waals surface area (Å²) >= 11 is 0. The molecule has 9 heteroatoms. The molecule has 1 aromatic rings. The van der Waals surface area contributed by atoms with Crippen LogP contribution in [0.4, 0.5) is 5.69 Å². The third-order valence-corrected chi connectivity index (χ3v) is 7.06. The molecule has 3 rings (SSSR count). The Kier molecular flexibility index (Phi) is 6.69. The van der Waals surface area contributed by atoms with Crippen molar-refractivity contribution in [2.24, 2.45) is 0 Å². The highest BCUT2D eigenvalue weighted by atomic mass is 32.2. The zero-order chi connectivity index (χ0) is 20.1. The van der Waals surface area contributed by atoms with Crippen molar-refractivity contribution in [3.05, 3.63) is 24.3 Å². The zero-order valence-corrected chi connectivity index (χ0v) is 17.0. The van der Waals surface area contributed by atoms with Crippen LogP contribution in [0.5, 0.6) is 0 Å². The van der Waals surface area contributed by atoms with Gasteiger partial charge in [-0.3, -0.25) is 14.5 Å². The highest BCUT2D eigenvalue weighted by Crippen LogP contribution is 2.23. The summed E-state index contributed by atoms with van der Waals surface area (Å²) in [5.41, 5.74) is 0.936. The lowest BCUT2D eigenvalue weighted by atomic mass is 10.1. The van der Waals surface area contributed by atoms with Crippen LogP contribution in [0.1, 0.15) is 19.8 Å². The summed E-state index contributed by atoms with van der Waals surface area (Å²) in [6, 6.07) is 6.87. The van der Waals surface area contributed by atoms with Crippen LogP contribution in [0.15, 0.2) is 29.2 Å². The van der Waals surface area contributed by atoms with Gasteiger partial charge in [-0.25, -0.2) is 8.42 Å². The number of piperidine rings is 1. The van der Waals surface area contributed by atoms with Crippen molar-refractivity contribution in [2.75, 3.05) is 57.3 Å². The Labute approximate surface area is 166 Å². The molecule has 0 bridgehead atoms. The van der Waals surface area contributed by atoms with Crippen LogP contribution >= 0.6 is 0 Å². The monoisotopic (exact) mass is 409 g/mol. The maximum atomic E-state index is 12.9. The van der Waals surface area contributed by atoms with Crippen molar-refractivity contribution >= 4 is 27.5 Å². The smallest absolute Gasteiger partial charge is 0.320 e. The number of hydrogen-bond acceptors (Lipinski definition) is 7. The van der Waals surface area contributed by atoms with Gasteiger partial charge in [-0.15, -0.1) is 0 Å². The van der Waals surface area contributed by atoms with Crippen molar-refractivity contribution in [2.45, 2.75) is 24.7 Å². The van der Waals surface area contributed by atoms with Gasteiger partial charge in [-0.2, -0.15) is 4.31 Å². The van der Waals surface area contributed by atoms with Crippen LogP contribution in [-0.4, -0.2) is 81.8 Å². The first-order valence-electron chi connectivity index (χ1n) is 9.65. The summed E-state index contributed by atoms with van der Waals surface area (Å²) in [6.45, 7) is 5.33. The maximum absolute atomic E-state index is 12.9. The van der Waals surface area contributed by atoms with Crippen molar-refractivity contribution in [3.63, 3.8) is 0 Å². The first-order valence-corrected chi connectivity index (χ1v) is 11.1. The molecule has 0 aromatic heterocycles. The number of nitrogens with zero attached hydrogens (tertiary/aromatic N) is 3. The van der Waals surface area contributed by atoms with E-state index in [1.165, 1.54) is 4.31 Å². The van der Waals surface area contributed by atoms with Gasteiger partial charge in [0.05, 0.1) is 18.0 Å². The highest BCUT2D eigenvalue weighted by molar-refractivity contribution is 7.89. The van der Waals surface area contributed by atoms with Gasteiger partial charge < -0.3 is 9.64 Å². The second-order valence-electron chi connectivity index (χ2n) is 7.00. The molecule has 0 aliphatic carbocycles. The molecule has 28 heavy (non-hydrogen) atoms. The van der Waals surface area contributed by atoms with E-state index in [0.717, 1.165) is 5.69 Å². The minimum Gasteiger partial charge on any atom is -0.465 e. The van der Waals surface area contributed by atoms with Crippen LogP contribution < -0.4 is 4.90 Å². The van der Waals surface area contributed by atoms with Gasteiger partial charge in [0.15, 0.2) is 0 Å². The molecule has 1 aromatic carbocycles. The fourth-order valence-corrected chi connectivity index (χ4v) is 4.93. The molecule has 154 valence electrons. The Morgan fingerprint density at radius 3 is 2.18 bits per heavy atom. The molecule has 2 heterocycles. The van der Waals surface area contributed by atoms with Crippen LogP contribution in [0, 0.1) is 0 Å². The average molecular weight is 410 g/mol. The molecule has 0 amide bonds. The molecule has 0 N–H and O–H groups in total. The minimum absolute atomic E-state index is 0.189. The fraction of sp³-hybridized carbons (Fsp3) is 0.579. The number of piperazine rings is 1. The number of anilines is 1. The van der Waals surface area contributed by atoms with Gasteiger partial charge in [-0.1, -0.05) is 0 Å². The van der Waals surface area contributed by atoms with Crippen LogP contribution in [0.2, 0.25) is 0 Å². The summed E-state index contributed by atoms with van der Waals surface area (Å²) < 4.78 is 32.2. The Balaban J connectivity index is 1.59. The van der Waals surface area contributed by atoms with Gasteiger partial charge in [0.25, 0.3) is 0 Å². The van der Waals surface area contributed by atoms with Crippen LogP contribution in [0.3, 0.4) is 0 Å². The largest absolute Gasteiger partial charge is 0.465 e. The summed E-state index contributed by atoms with van der Waals surface area (Å²) in [5, 5.41) is 0. The molecule has 2 fully saturated rings. The highest BCUT2D eigenvalue weighted by Gasteiger charge is 2.29. The first-order chi connectivity index (χ1) is 13.4. The van der Waals surface area contributed by atoms with E-state index in [1.807, 2.05) is 4.90 Å². The van der Waals surface area contributed by atoms with E-state index in [-0.39, 0.29) is 23.2 Å². The average Bonchev–Trinajstić information content (AvgIpc) is 2.69. The third-order valence-electron chi connectivity index (χ3n) is 5.15. The molecular weight excluding hydrogens is 382 g/mol. The lowest BCUT2D eigenvalue weighted by Gasteiger charge is -2.33. The molecule has 2 aliphatic rings. The van der Waals surface area contributed by atoms with Gasteiger partial charge in [0.2, 0.25) is 10.0 Å². The van der Waals surface area contributed by atoms with E-state index < -0.39 is 10.0 Å². The summed E-state index contributed by atoms with van der Waals surface area (Å²) in [7, 11) is -3.56.